The van der Waals surface area contributed by atoms with E-state index in [1.165, 1.54) is 6.92 Å². The Kier molecular flexibility index (Phi) is 7.18. The van der Waals surface area contributed by atoms with Crippen molar-refractivity contribution >= 4 is 25.2 Å². The van der Waals surface area contributed by atoms with E-state index in [4.69, 9.17) is 25.4 Å². The highest BCUT2D eigenvalue weighted by molar-refractivity contribution is 7.54. The third kappa shape index (κ3) is 4.98. The molecule has 0 amide bonds. The van der Waals surface area contributed by atoms with Crippen LogP contribution < -0.4 is 0 Å². The van der Waals surface area contributed by atoms with E-state index in [0.29, 0.717) is 0 Å². The summed E-state index contributed by atoms with van der Waals surface area (Å²) in [5.41, 5.74) is 0. The molecule has 15 heavy (non-hydrogen) atoms. The van der Waals surface area contributed by atoms with Crippen molar-refractivity contribution in [3.8, 4) is 0 Å². The summed E-state index contributed by atoms with van der Waals surface area (Å²) in [5.74, 6) is -1.74. The molecule has 0 aromatic heterocycles. The van der Waals surface area contributed by atoms with Crippen LogP contribution in [0.1, 0.15) is 20.8 Å². The van der Waals surface area contributed by atoms with Gasteiger partial charge in [-0.25, -0.2) is 0 Å². The van der Waals surface area contributed by atoms with Gasteiger partial charge in [0.25, 0.3) is 0 Å². The van der Waals surface area contributed by atoms with E-state index >= 15 is 0 Å². The van der Waals surface area contributed by atoms with Crippen LogP contribution in [0.25, 0.3) is 0 Å². The van der Waals surface area contributed by atoms with Crippen molar-refractivity contribution in [3.05, 3.63) is 0 Å². The Labute approximate surface area is 94.6 Å². The molecular weight excluding hydrogens is 243 g/mol. The normalized spacial score (nSPS) is 13.6. The fourth-order valence-corrected chi connectivity index (χ4v) is 3.08. The molecule has 0 aliphatic rings. The SMILES string of the molecule is CCOP(=O)(OCC)C(CCl)OC(C)=O. The van der Waals surface area contributed by atoms with Gasteiger partial charge in [0, 0.05) is 6.92 Å². The number of halogens is 1. The van der Waals surface area contributed by atoms with E-state index in [2.05, 4.69) is 0 Å². The van der Waals surface area contributed by atoms with Crippen LogP contribution in [0.15, 0.2) is 0 Å². The van der Waals surface area contributed by atoms with Crippen LogP contribution in [-0.2, 0) is 23.1 Å². The van der Waals surface area contributed by atoms with Gasteiger partial charge >= 0.3 is 13.6 Å². The fourth-order valence-electron chi connectivity index (χ4n) is 0.936. The molecule has 0 saturated heterocycles. The molecule has 1 unspecified atom stereocenters. The number of carbonyl (C=O) groups is 1. The lowest BCUT2D eigenvalue weighted by molar-refractivity contribution is -0.142. The summed E-state index contributed by atoms with van der Waals surface area (Å²) in [7, 11) is -3.46. The van der Waals surface area contributed by atoms with Crippen LogP contribution in [0.4, 0.5) is 0 Å². The molecule has 0 fully saturated rings. The number of esters is 1. The number of alkyl halides is 1. The van der Waals surface area contributed by atoms with Crippen molar-refractivity contribution in [3.63, 3.8) is 0 Å². The highest BCUT2D eigenvalue weighted by Crippen LogP contribution is 2.53. The fraction of sp³-hybridized carbons (Fsp3) is 0.875. The number of hydrogen-bond acceptors (Lipinski definition) is 5. The second-order valence-corrected chi connectivity index (χ2v) is 5.07. The average Bonchev–Trinajstić information content (AvgIpc) is 2.14. The highest BCUT2D eigenvalue weighted by atomic mass is 35.5. The zero-order valence-corrected chi connectivity index (χ0v) is 10.7. The van der Waals surface area contributed by atoms with Gasteiger partial charge in [-0.05, 0) is 13.8 Å². The van der Waals surface area contributed by atoms with Crippen molar-refractivity contribution < 1.29 is 23.1 Å². The second-order valence-electron chi connectivity index (χ2n) is 2.59. The molecule has 0 aromatic rings. The molecule has 0 saturated carbocycles. The van der Waals surface area contributed by atoms with E-state index in [0.717, 1.165) is 0 Å². The van der Waals surface area contributed by atoms with Gasteiger partial charge in [0.15, 0.2) is 0 Å². The molecule has 5 nitrogen and oxygen atoms in total. The third-order valence-electron chi connectivity index (χ3n) is 1.40. The lowest BCUT2D eigenvalue weighted by Crippen LogP contribution is -2.21. The Morgan fingerprint density at radius 1 is 1.33 bits per heavy atom. The van der Waals surface area contributed by atoms with E-state index in [1.54, 1.807) is 13.8 Å². The molecule has 0 heterocycles. The van der Waals surface area contributed by atoms with Crippen LogP contribution in [0.5, 0.6) is 0 Å². The van der Waals surface area contributed by atoms with Crippen LogP contribution >= 0.6 is 19.2 Å². The molecular formula is C8H16ClO5P. The van der Waals surface area contributed by atoms with Gasteiger partial charge < -0.3 is 13.8 Å². The molecule has 0 bridgehead atoms. The molecule has 7 heteroatoms. The topological polar surface area (TPSA) is 61.8 Å². The van der Waals surface area contributed by atoms with Gasteiger partial charge in [0.05, 0.1) is 19.1 Å². The van der Waals surface area contributed by atoms with Crippen molar-refractivity contribution in [1.29, 1.82) is 0 Å². The summed E-state index contributed by atoms with van der Waals surface area (Å²) in [6, 6.07) is 0. The van der Waals surface area contributed by atoms with E-state index < -0.39 is 19.4 Å². The lowest BCUT2D eigenvalue weighted by atomic mass is 10.8. The van der Waals surface area contributed by atoms with Crippen LogP contribution in [0.3, 0.4) is 0 Å². The van der Waals surface area contributed by atoms with Crippen LogP contribution in [0.2, 0.25) is 0 Å². The Hall–Kier alpha value is -0.0900. The van der Waals surface area contributed by atoms with Crippen molar-refractivity contribution in [2.24, 2.45) is 0 Å². The Bertz CT molecular complexity index is 235. The molecule has 90 valence electrons. The summed E-state index contributed by atoms with van der Waals surface area (Å²) < 4.78 is 26.9. The molecule has 0 radical (unpaired) electrons. The highest BCUT2D eigenvalue weighted by Gasteiger charge is 2.37. The first-order chi connectivity index (χ1) is 7.00. The standard InChI is InChI=1S/C8H16ClO5P/c1-4-12-15(11,13-5-2)8(6-9)14-7(3)10/h8H,4-6H2,1-3H3. The van der Waals surface area contributed by atoms with Gasteiger partial charge in [0.1, 0.15) is 0 Å². The van der Waals surface area contributed by atoms with Gasteiger partial charge in [0.2, 0.25) is 5.85 Å². The minimum Gasteiger partial charge on any atom is -0.448 e. The molecule has 0 aliphatic carbocycles. The Morgan fingerprint density at radius 2 is 1.80 bits per heavy atom. The summed E-state index contributed by atoms with van der Waals surface area (Å²) in [4.78, 5) is 10.8. The first-order valence-corrected chi connectivity index (χ1v) is 6.76. The van der Waals surface area contributed by atoms with Crippen molar-refractivity contribution in [2.75, 3.05) is 19.1 Å². The molecule has 0 spiro atoms. The first kappa shape index (κ1) is 14.9. The summed E-state index contributed by atoms with van der Waals surface area (Å²) >= 11 is 5.56. The predicted octanol–water partition coefficient (Wildman–Crippen LogP) is 2.38. The maximum atomic E-state index is 12.1. The van der Waals surface area contributed by atoms with E-state index in [1.807, 2.05) is 0 Å². The predicted molar refractivity (Wildman–Crippen MR) is 57.1 cm³/mol. The quantitative estimate of drug-likeness (QED) is 0.399. The zero-order valence-electron chi connectivity index (χ0n) is 9.07. The van der Waals surface area contributed by atoms with Gasteiger partial charge in [-0.2, -0.15) is 0 Å². The second kappa shape index (κ2) is 7.23. The van der Waals surface area contributed by atoms with Crippen molar-refractivity contribution in [2.45, 2.75) is 26.6 Å². The third-order valence-corrected chi connectivity index (χ3v) is 4.13. The monoisotopic (exact) mass is 258 g/mol. The molecule has 0 aromatic carbocycles. The number of ether oxygens (including phenoxy) is 1. The smallest absolute Gasteiger partial charge is 0.372 e. The van der Waals surface area contributed by atoms with Crippen LogP contribution in [0, 0.1) is 0 Å². The Balaban J connectivity index is 4.68. The summed E-state index contributed by atoms with van der Waals surface area (Å²) in [6.45, 7) is 4.95. The van der Waals surface area contributed by atoms with Crippen molar-refractivity contribution in [1.82, 2.24) is 0 Å². The maximum Gasteiger partial charge on any atom is 0.372 e. The van der Waals surface area contributed by atoms with Gasteiger partial charge in [-0.1, -0.05) is 0 Å². The average molecular weight is 259 g/mol. The summed E-state index contributed by atoms with van der Waals surface area (Å²) in [6.07, 6.45) is 0. The number of hydrogen-bond donors (Lipinski definition) is 0. The molecule has 0 aliphatic heterocycles. The summed E-state index contributed by atoms with van der Waals surface area (Å²) in [5, 5.41) is 0. The molecule has 1 atom stereocenters. The molecule has 0 N–H and O–H groups in total. The maximum absolute atomic E-state index is 12.1. The largest absolute Gasteiger partial charge is 0.448 e. The van der Waals surface area contributed by atoms with Gasteiger partial charge in [-0.3, -0.25) is 9.36 Å². The molecule has 0 rings (SSSR count). The first-order valence-electron chi connectivity index (χ1n) is 4.62. The van der Waals surface area contributed by atoms with E-state index in [-0.39, 0.29) is 19.1 Å². The number of carbonyl (C=O) groups excluding carboxylic acids is 1. The van der Waals surface area contributed by atoms with E-state index in [9.17, 15) is 9.36 Å². The zero-order chi connectivity index (χ0) is 11.9. The minimum atomic E-state index is -3.46. The Morgan fingerprint density at radius 3 is 2.07 bits per heavy atom. The van der Waals surface area contributed by atoms with Gasteiger partial charge in [-0.15, -0.1) is 11.6 Å². The lowest BCUT2D eigenvalue weighted by Gasteiger charge is -2.23. The minimum absolute atomic E-state index is 0.128. The number of rotatable bonds is 7. The van der Waals surface area contributed by atoms with Crippen LogP contribution in [-0.4, -0.2) is 30.9 Å².